The zero-order chi connectivity index (χ0) is 24.5. The van der Waals surface area contributed by atoms with Crippen LogP contribution in [0.15, 0.2) is 52.9 Å². The van der Waals surface area contributed by atoms with E-state index in [9.17, 15) is 31.1 Å². The van der Waals surface area contributed by atoms with Gasteiger partial charge in [0.1, 0.15) is 0 Å². The van der Waals surface area contributed by atoms with Crippen LogP contribution in [0.5, 0.6) is 0 Å². The number of anilines is 1. The Balaban J connectivity index is 1.40. The molecule has 12 heteroatoms. The molecule has 2 amide bonds. The number of nitrogens with one attached hydrogen (secondary N) is 1. The Labute approximate surface area is 189 Å². The standard InChI is InChI=1S/C22H18F6N4O2/c23-21(24,25)15-5-3-13(4-6-15)18-30-31-19(34-18)14-2-1-11-32(12-14)20(33)29-17-9-7-16(8-10-17)22(26,27)28/h3-10,14H,1-2,11-12H2,(H,29,33). The molecule has 0 bridgehead atoms. The topological polar surface area (TPSA) is 71.3 Å². The minimum absolute atomic E-state index is 0.0649. The van der Waals surface area contributed by atoms with Crippen molar-refractivity contribution in [2.75, 3.05) is 18.4 Å². The van der Waals surface area contributed by atoms with Crippen LogP contribution in [-0.4, -0.2) is 34.2 Å². The normalized spacial score (nSPS) is 17.0. The minimum atomic E-state index is -4.47. The maximum atomic E-state index is 12.7. The number of likely N-dealkylation sites (tertiary alicyclic amines) is 1. The molecule has 0 spiro atoms. The van der Waals surface area contributed by atoms with Crippen molar-refractivity contribution in [3.63, 3.8) is 0 Å². The van der Waals surface area contributed by atoms with E-state index in [0.29, 0.717) is 24.9 Å². The molecule has 3 aromatic rings. The summed E-state index contributed by atoms with van der Waals surface area (Å²) < 4.78 is 82.0. The fourth-order valence-electron chi connectivity index (χ4n) is 3.63. The summed E-state index contributed by atoms with van der Waals surface area (Å²) in [7, 11) is 0. The summed E-state index contributed by atoms with van der Waals surface area (Å²) in [4.78, 5) is 14.1. The monoisotopic (exact) mass is 484 g/mol. The van der Waals surface area contributed by atoms with Crippen LogP contribution in [0.4, 0.5) is 36.8 Å². The van der Waals surface area contributed by atoms with Gasteiger partial charge < -0.3 is 14.6 Å². The molecule has 0 saturated carbocycles. The average molecular weight is 484 g/mol. The predicted octanol–water partition coefficient (Wildman–Crippen LogP) is 6.19. The second-order valence-electron chi connectivity index (χ2n) is 7.81. The largest absolute Gasteiger partial charge is 0.420 e. The number of aromatic nitrogens is 2. The van der Waals surface area contributed by atoms with E-state index in [1.807, 2.05) is 0 Å². The summed E-state index contributed by atoms with van der Waals surface area (Å²) in [5, 5.41) is 10.5. The number of alkyl halides is 6. The quantitative estimate of drug-likeness (QED) is 0.451. The zero-order valence-electron chi connectivity index (χ0n) is 17.5. The second kappa shape index (κ2) is 8.99. The molecule has 1 N–H and O–H groups in total. The van der Waals surface area contributed by atoms with Crippen molar-refractivity contribution in [3.05, 3.63) is 65.5 Å². The third-order valence-electron chi connectivity index (χ3n) is 5.42. The second-order valence-corrected chi connectivity index (χ2v) is 7.81. The van der Waals surface area contributed by atoms with Crippen LogP contribution < -0.4 is 5.32 Å². The lowest BCUT2D eigenvalue weighted by Crippen LogP contribution is -2.41. The van der Waals surface area contributed by atoms with E-state index in [4.69, 9.17) is 4.42 Å². The van der Waals surface area contributed by atoms with Crippen molar-refractivity contribution in [3.8, 4) is 11.5 Å². The van der Waals surface area contributed by atoms with Gasteiger partial charge in [0.25, 0.3) is 0 Å². The van der Waals surface area contributed by atoms with E-state index in [-0.39, 0.29) is 29.9 Å². The number of halogens is 6. The summed E-state index contributed by atoms with van der Waals surface area (Å²) in [5.74, 6) is 0.0276. The van der Waals surface area contributed by atoms with Crippen LogP contribution >= 0.6 is 0 Å². The van der Waals surface area contributed by atoms with Gasteiger partial charge >= 0.3 is 18.4 Å². The number of hydrogen-bond acceptors (Lipinski definition) is 4. The van der Waals surface area contributed by atoms with Crippen LogP contribution in [-0.2, 0) is 12.4 Å². The molecule has 6 nitrogen and oxygen atoms in total. The number of rotatable bonds is 3. The molecule has 2 aromatic carbocycles. The lowest BCUT2D eigenvalue weighted by Gasteiger charge is -2.31. The molecule has 1 atom stereocenters. The Morgan fingerprint density at radius 3 is 2.09 bits per heavy atom. The number of urea groups is 1. The van der Waals surface area contributed by atoms with Crippen LogP contribution in [0.3, 0.4) is 0 Å². The third kappa shape index (κ3) is 5.32. The van der Waals surface area contributed by atoms with Gasteiger partial charge in [0.15, 0.2) is 0 Å². The van der Waals surface area contributed by atoms with Gasteiger partial charge in [0.2, 0.25) is 11.8 Å². The van der Waals surface area contributed by atoms with Crippen LogP contribution in [0, 0.1) is 0 Å². The summed E-state index contributed by atoms with van der Waals surface area (Å²) in [6.45, 7) is 0.671. The van der Waals surface area contributed by atoms with Crippen molar-refractivity contribution in [2.24, 2.45) is 0 Å². The highest BCUT2D eigenvalue weighted by molar-refractivity contribution is 5.89. The van der Waals surface area contributed by atoms with Gasteiger partial charge in [-0.2, -0.15) is 26.3 Å². The molecule has 4 rings (SSSR count). The zero-order valence-corrected chi connectivity index (χ0v) is 17.5. The first-order valence-corrected chi connectivity index (χ1v) is 10.2. The van der Waals surface area contributed by atoms with E-state index >= 15 is 0 Å². The summed E-state index contributed by atoms with van der Waals surface area (Å²) in [6, 6.07) is 7.97. The molecule has 1 aliphatic rings. The van der Waals surface area contributed by atoms with Gasteiger partial charge in [-0.05, 0) is 61.4 Å². The molecular formula is C22H18F6N4O2. The van der Waals surface area contributed by atoms with Crippen LogP contribution in [0.1, 0.15) is 35.8 Å². The molecule has 1 fully saturated rings. The maximum absolute atomic E-state index is 12.7. The lowest BCUT2D eigenvalue weighted by molar-refractivity contribution is -0.138. The lowest BCUT2D eigenvalue weighted by atomic mass is 9.98. The number of benzene rings is 2. The van der Waals surface area contributed by atoms with Gasteiger partial charge in [-0.25, -0.2) is 4.79 Å². The molecule has 1 unspecified atom stereocenters. The Hall–Kier alpha value is -3.57. The first kappa shape index (κ1) is 23.6. The molecule has 1 aliphatic heterocycles. The Kier molecular flexibility index (Phi) is 6.24. The van der Waals surface area contributed by atoms with Crippen molar-refractivity contribution in [1.82, 2.24) is 15.1 Å². The molecule has 180 valence electrons. The van der Waals surface area contributed by atoms with Crippen molar-refractivity contribution >= 4 is 11.7 Å². The van der Waals surface area contributed by atoms with E-state index < -0.39 is 29.5 Å². The number of carbonyl (C=O) groups excluding carboxylic acids is 1. The SMILES string of the molecule is O=C(Nc1ccc(C(F)(F)F)cc1)N1CCCC(c2nnc(-c3ccc(C(F)(F)F)cc3)o2)C1. The summed E-state index contributed by atoms with van der Waals surface area (Å²) >= 11 is 0. The van der Waals surface area contributed by atoms with Gasteiger partial charge in [-0.1, -0.05) is 0 Å². The fourth-order valence-corrected chi connectivity index (χ4v) is 3.63. The number of nitrogens with zero attached hydrogens (tertiary/aromatic N) is 3. The average Bonchev–Trinajstić information content (AvgIpc) is 3.29. The van der Waals surface area contributed by atoms with Crippen LogP contribution in [0.2, 0.25) is 0 Å². The van der Waals surface area contributed by atoms with Crippen LogP contribution in [0.25, 0.3) is 11.5 Å². The molecular weight excluding hydrogens is 466 g/mol. The number of amides is 2. The van der Waals surface area contributed by atoms with E-state index in [0.717, 1.165) is 24.3 Å². The highest BCUT2D eigenvalue weighted by atomic mass is 19.4. The van der Waals surface area contributed by atoms with Gasteiger partial charge in [0.05, 0.1) is 17.0 Å². The first-order valence-electron chi connectivity index (χ1n) is 10.2. The van der Waals surface area contributed by atoms with Gasteiger partial charge in [-0.15, -0.1) is 10.2 Å². The van der Waals surface area contributed by atoms with E-state index in [1.165, 1.54) is 29.2 Å². The Morgan fingerprint density at radius 1 is 0.912 bits per heavy atom. The van der Waals surface area contributed by atoms with Crippen molar-refractivity contribution in [1.29, 1.82) is 0 Å². The third-order valence-corrected chi connectivity index (χ3v) is 5.42. The predicted molar refractivity (Wildman–Crippen MR) is 109 cm³/mol. The van der Waals surface area contributed by atoms with Gasteiger partial charge in [-0.3, -0.25) is 0 Å². The van der Waals surface area contributed by atoms with Crippen molar-refractivity contribution in [2.45, 2.75) is 31.1 Å². The first-order chi connectivity index (χ1) is 16.0. The fraction of sp³-hybridized carbons (Fsp3) is 0.318. The Morgan fingerprint density at radius 2 is 1.50 bits per heavy atom. The molecule has 0 aliphatic carbocycles. The van der Waals surface area contributed by atoms with E-state index in [2.05, 4.69) is 15.5 Å². The smallest absolute Gasteiger partial charge is 0.416 e. The summed E-state index contributed by atoms with van der Waals surface area (Å²) in [5.41, 5.74) is -1.05. The minimum Gasteiger partial charge on any atom is -0.420 e. The number of carbonyl (C=O) groups is 1. The molecule has 1 saturated heterocycles. The Bertz CT molecular complexity index is 1140. The van der Waals surface area contributed by atoms with E-state index in [1.54, 1.807) is 0 Å². The highest BCUT2D eigenvalue weighted by Crippen LogP contribution is 2.33. The van der Waals surface area contributed by atoms with Gasteiger partial charge in [0, 0.05) is 24.3 Å². The molecule has 0 radical (unpaired) electrons. The highest BCUT2D eigenvalue weighted by Gasteiger charge is 2.32. The maximum Gasteiger partial charge on any atom is 0.416 e. The number of hydrogen-bond donors (Lipinski definition) is 1. The summed E-state index contributed by atoms with van der Waals surface area (Å²) in [6.07, 6.45) is -7.64. The molecule has 2 heterocycles. The van der Waals surface area contributed by atoms with Crippen molar-refractivity contribution < 1.29 is 35.6 Å². The molecule has 1 aromatic heterocycles. The number of piperidine rings is 1. The molecule has 34 heavy (non-hydrogen) atoms.